The first-order valence-electron chi connectivity index (χ1n) is 5.75. The molecule has 0 unspecified atom stereocenters. The van der Waals surface area contributed by atoms with Crippen molar-refractivity contribution in [2.45, 2.75) is 26.7 Å². The first-order chi connectivity index (χ1) is 7.85. The molecule has 0 saturated heterocycles. The number of aromatic nitrogens is 2. The minimum absolute atomic E-state index is 0.983. The maximum Gasteiger partial charge on any atom is 0.0660 e. The van der Waals surface area contributed by atoms with Gasteiger partial charge in [-0.15, -0.1) is 0 Å². The average molecular weight is 212 g/mol. The summed E-state index contributed by atoms with van der Waals surface area (Å²) in [6.45, 7) is 4.24. The summed E-state index contributed by atoms with van der Waals surface area (Å²) >= 11 is 0. The lowest BCUT2D eigenvalue weighted by molar-refractivity contribution is 0.878. The van der Waals surface area contributed by atoms with Crippen LogP contribution in [0.3, 0.4) is 0 Å². The Labute approximate surface area is 96.4 Å². The van der Waals surface area contributed by atoms with Crippen molar-refractivity contribution < 1.29 is 0 Å². The number of benzene rings is 1. The van der Waals surface area contributed by atoms with Crippen LogP contribution in [0.1, 0.15) is 25.1 Å². The largest absolute Gasteiger partial charge is 0.159 e. The Morgan fingerprint density at radius 3 is 1.81 bits per heavy atom. The van der Waals surface area contributed by atoms with E-state index in [1.54, 1.807) is 6.20 Å². The molecule has 0 atom stereocenters. The molecule has 2 aliphatic carbocycles. The molecule has 0 spiro atoms. The molecule has 2 aliphatic rings. The molecule has 0 N–H and O–H groups in total. The van der Waals surface area contributed by atoms with Crippen molar-refractivity contribution in [3.8, 4) is 11.1 Å². The zero-order valence-electron chi connectivity index (χ0n) is 9.77. The molecule has 1 heterocycles. The number of hydrogen-bond donors (Lipinski definition) is 0. The molecule has 2 nitrogen and oxygen atoms in total. The van der Waals surface area contributed by atoms with Gasteiger partial charge in [0.15, 0.2) is 0 Å². The van der Waals surface area contributed by atoms with E-state index in [0.29, 0.717) is 0 Å². The van der Waals surface area contributed by atoms with E-state index in [-0.39, 0.29) is 0 Å². The molecule has 3 rings (SSSR count). The summed E-state index contributed by atoms with van der Waals surface area (Å²) < 4.78 is 0. The third-order valence-corrected chi connectivity index (χ3v) is 2.83. The number of aryl methyl sites for hydroxylation is 2. The van der Waals surface area contributed by atoms with Gasteiger partial charge in [-0.25, -0.2) is 0 Å². The van der Waals surface area contributed by atoms with Crippen LogP contribution < -0.4 is 0 Å². The normalized spacial score (nSPS) is 10.4. The zero-order chi connectivity index (χ0) is 11.4. The average Bonchev–Trinajstić information content (AvgIpc) is 2.34. The topological polar surface area (TPSA) is 25.8 Å². The molecule has 1 aromatic heterocycles. The van der Waals surface area contributed by atoms with E-state index in [4.69, 9.17) is 0 Å². The maximum atomic E-state index is 4.02. The Kier molecular flexibility index (Phi) is 3.30. The van der Waals surface area contributed by atoms with Crippen molar-refractivity contribution in [2.24, 2.45) is 0 Å². The number of nitrogens with zero attached hydrogens (tertiary/aromatic N) is 2. The fraction of sp³-hybridized carbons (Fsp3) is 0.286. The molecule has 0 aliphatic heterocycles. The van der Waals surface area contributed by atoms with Gasteiger partial charge in [0.05, 0.1) is 5.69 Å². The molecule has 0 amide bonds. The van der Waals surface area contributed by atoms with Crippen LogP contribution in [0.15, 0.2) is 36.5 Å². The Bertz CT molecular complexity index is 416. The highest BCUT2D eigenvalue weighted by atomic mass is 15.1. The zero-order valence-corrected chi connectivity index (χ0v) is 9.77. The van der Waals surface area contributed by atoms with Gasteiger partial charge >= 0.3 is 0 Å². The lowest BCUT2D eigenvalue weighted by atomic mass is 9.95. The van der Waals surface area contributed by atoms with E-state index >= 15 is 0 Å². The van der Waals surface area contributed by atoms with Gasteiger partial charge < -0.3 is 0 Å². The summed E-state index contributed by atoms with van der Waals surface area (Å²) in [4.78, 5) is 0. The Morgan fingerprint density at radius 1 is 0.875 bits per heavy atom. The van der Waals surface area contributed by atoms with Crippen LogP contribution in [0, 0.1) is 0 Å². The van der Waals surface area contributed by atoms with E-state index in [9.17, 15) is 0 Å². The van der Waals surface area contributed by atoms with Crippen LogP contribution in [-0.2, 0) is 12.8 Å². The highest BCUT2D eigenvalue weighted by Crippen LogP contribution is 2.29. The van der Waals surface area contributed by atoms with Gasteiger partial charge in [0.25, 0.3) is 0 Å². The van der Waals surface area contributed by atoms with Gasteiger partial charge in [-0.05, 0) is 35.6 Å². The summed E-state index contributed by atoms with van der Waals surface area (Å²) in [5.41, 5.74) is 5.30. The Morgan fingerprint density at radius 2 is 1.50 bits per heavy atom. The molecular weight excluding hydrogens is 196 g/mol. The molecule has 82 valence electrons. The second-order valence-electron chi connectivity index (χ2n) is 3.79. The van der Waals surface area contributed by atoms with Crippen molar-refractivity contribution in [1.29, 1.82) is 0 Å². The molecule has 2 heteroatoms. The Hall–Kier alpha value is -1.70. The van der Waals surface area contributed by atoms with Gasteiger partial charge in [-0.2, -0.15) is 10.2 Å². The molecule has 0 saturated carbocycles. The fourth-order valence-electron chi connectivity index (χ4n) is 1.67. The highest BCUT2D eigenvalue weighted by molar-refractivity contribution is 5.75. The monoisotopic (exact) mass is 212 g/mol. The van der Waals surface area contributed by atoms with E-state index in [1.807, 2.05) is 6.07 Å². The number of rotatable bonds is 2. The Balaban J connectivity index is 0.000000134. The molecule has 0 aromatic carbocycles. The van der Waals surface area contributed by atoms with Crippen LogP contribution in [0.2, 0.25) is 0 Å². The minimum atomic E-state index is 0.983. The maximum absolute atomic E-state index is 4.02. The second kappa shape index (κ2) is 4.88. The summed E-state index contributed by atoms with van der Waals surface area (Å²) in [6, 6.07) is 10.5. The number of hydrogen-bond acceptors (Lipinski definition) is 2. The quantitative estimate of drug-likeness (QED) is 0.651. The van der Waals surface area contributed by atoms with E-state index in [1.165, 1.54) is 16.7 Å². The predicted octanol–water partition coefficient (Wildman–Crippen LogP) is 3.27. The van der Waals surface area contributed by atoms with Crippen LogP contribution in [-0.4, -0.2) is 10.2 Å². The smallest absolute Gasteiger partial charge is 0.0660 e. The van der Waals surface area contributed by atoms with Crippen LogP contribution >= 0.6 is 0 Å². The number of fused-ring (bicyclic) bond motifs is 1. The first-order valence-corrected chi connectivity index (χ1v) is 5.75. The predicted molar refractivity (Wildman–Crippen MR) is 66.2 cm³/mol. The molecule has 0 fully saturated rings. The summed E-state index contributed by atoms with van der Waals surface area (Å²) in [5, 5.41) is 7.83. The van der Waals surface area contributed by atoms with Gasteiger partial charge in [0, 0.05) is 6.20 Å². The summed E-state index contributed by atoms with van der Waals surface area (Å²) in [6.07, 6.45) is 3.79. The van der Waals surface area contributed by atoms with Crippen molar-refractivity contribution in [3.63, 3.8) is 0 Å². The van der Waals surface area contributed by atoms with Crippen molar-refractivity contribution >= 4 is 0 Å². The highest BCUT2D eigenvalue weighted by Gasteiger charge is 2.04. The third kappa shape index (κ3) is 2.11. The minimum Gasteiger partial charge on any atom is -0.159 e. The first kappa shape index (κ1) is 10.8. The lowest BCUT2D eigenvalue weighted by Gasteiger charge is -2.10. The summed E-state index contributed by atoms with van der Waals surface area (Å²) in [7, 11) is 0. The van der Waals surface area contributed by atoms with Gasteiger partial charge in [-0.1, -0.05) is 38.1 Å². The van der Waals surface area contributed by atoms with Gasteiger partial charge in [0.1, 0.15) is 0 Å². The molecule has 1 aromatic rings. The SMILES string of the molecule is CCc1ccnnc1CC.c1cc2ccc1-2. The van der Waals surface area contributed by atoms with Crippen molar-refractivity contribution in [1.82, 2.24) is 10.2 Å². The molecule has 16 heavy (non-hydrogen) atoms. The third-order valence-electron chi connectivity index (χ3n) is 2.83. The van der Waals surface area contributed by atoms with E-state index in [0.717, 1.165) is 18.5 Å². The van der Waals surface area contributed by atoms with Crippen LogP contribution in [0.25, 0.3) is 11.1 Å². The summed E-state index contributed by atoms with van der Waals surface area (Å²) in [5.74, 6) is 0. The molecule has 0 bridgehead atoms. The van der Waals surface area contributed by atoms with Gasteiger partial charge in [-0.3, -0.25) is 0 Å². The standard InChI is InChI=1S/C8H12N2.C6H4/c1-3-7-5-6-9-10-8(7)4-2;1-2-6-4-3-5(1)6/h5-6H,3-4H2,1-2H3;1-4H. The fourth-order valence-corrected chi connectivity index (χ4v) is 1.67. The van der Waals surface area contributed by atoms with Crippen molar-refractivity contribution in [2.75, 3.05) is 0 Å². The van der Waals surface area contributed by atoms with Gasteiger partial charge in [0.2, 0.25) is 0 Å². The van der Waals surface area contributed by atoms with Crippen molar-refractivity contribution in [3.05, 3.63) is 47.8 Å². The second-order valence-corrected chi connectivity index (χ2v) is 3.79. The van der Waals surface area contributed by atoms with E-state index < -0.39 is 0 Å². The van der Waals surface area contributed by atoms with Crippen LogP contribution in [0.4, 0.5) is 0 Å². The molecule has 0 radical (unpaired) electrons. The van der Waals surface area contributed by atoms with Crippen LogP contribution in [0.5, 0.6) is 0 Å². The van der Waals surface area contributed by atoms with E-state index in [2.05, 4.69) is 48.3 Å². The molecular formula is C14H16N2. The lowest BCUT2D eigenvalue weighted by Crippen LogP contribution is -1.95.